The maximum absolute atomic E-state index is 9.70. The number of halogens is 1. The molecule has 0 aromatic heterocycles. The van der Waals surface area contributed by atoms with Gasteiger partial charge in [-0.2, -0.15) is 0 Å². The van der Waals surface area contributed by atoms with E-state index in [1.54, 1.807) is 6.07 Å². The highest BCUT2D eigenvalue weighted by Crippen LogP contribution is 2.23. The minimum absolute atomic E-state index is 0.222. The third-order valence-electron chi connectivity index (χ3n) is 2.96. The highest BCUT2D eigenvalue weighted by atomic mass is 79.9. The fourth-order valence-electron chi connectivity index (χ4n) is 1.86. The zero-order valence-corrected chi connectivity index (χ0v) is 11.8. The van der Waals surface area contributed by atoms with Crippen molar-refractivity contribution in [2.45, 2.75) is 19.5 Å². The van der Waals surface area contributed by atoms with Crippen molar-refractivity contribution in [2.24, 2.45) is 0 Å². The van der Waals surface area contributed by atoms with Gasteiger partial charge in [0.2, 0.25) is 0 Å². The molecule has 0 heterocycles. The third-order valence-corrected chi connectivity index (χ3v) is 3.68. The molecule has 0 amide bonds. The zero-order valence-electron chi connectivity index (χ0n) is 10.2. The monoisotopic (exact) mass is 305 g/mol. The topological polar surface area (TPSA) is 32.3 Å². The maximum Gasteiger partial charge on any atom is 0.120 e. The number of aromatic hydroxyl groups is 1. The molecule has 1 atom stereocenters. The number of rotatable bonds is 4. The Morgan fingerprint density at radius 3 is 2.50 bits per heavy atom. The highest BCUT2D eigenvalue weighted by Gasteiger charge is 2.08. The number of nitrogens with one attached hydrogen (secondary N) is 1. The van der Waals surface area contributed by atoms with Crippen LogP contribution in [0.15, 0.2) is 53.0 Å². The van der Waals surface area contributed by atoms with Gasteiger partial charge >= 0.3 is 0 Å². The van der Waals surface area contributed by atoms with Gasteiger partial charge in [-0.25, -0.2) is 0 Å². The Labute approximate surface area is 116 Å². The van der Waals surface area contributed by atoms with Crippen molar-refractivity contribution < 1.29 is 5.11 Å². The van der Waals surface area contributed by atoms with Crippen LogP contribution < -0.4 is 5.32 Å². The zero-order chi connectivity index (χ0) is 13.0. The Morgan fingerprint density at radius 1 is 1.11 bits per heavy atom. The molecule has 0 spiro atoms. The second-order valence-electron chi connectivity index (χ2n) is 4.25. The van der Waals surface area contributed by atoms with Crippen LogP contribution in [-0.4, -0.2) is 5.11 Å². The number of benzene rings is 2. The van der Waals surface area contributed by atoms with Crippen molar-refractivity contribution in [3.05, 3.63) is 64.1 Å². The molecule has 0 aliphatic carbocycles. The van der Waals surface area contributed by atoms with Crippen molar-refractivity contribution in [3.63, 3.8) is 0 Å². The number of phenolic OH excluding ortho intramolecular Hbond substituents is 1. The van der Waals surface area contributed by atoms with Gasteiger partial charge in [0.1, 0.15) is 5.75 Å². The average Bonchev–Trinajstić information content (AvgIpc) is 2.38. The van der Waals surface area contributed by atoms with Crippen LogP contribution in [0.25, 0.3) is 0 Å². The van der Waals surface area contributed by atoms with Gasteiger partial charge in [-0.1, -0.05) is 52.3 Å². The number of phenols is 1. The van der Waals surface area contributed by atoms with Crippen LogP contribution in [0.1, 0.15) is 24.1 Å². The van der Waals surface area contributed by atoms with E-state index in [1.165, 1.54) is 5.56 Å². The molecule has 2 aromatic carbocycles. The molecule has 0 radical (unpaired) electrons. The molecule has 0 fully saturated rings. The lowest BCUT2D eigenvalue weighted by atomic mass is 10.1. The van der Waals surface area contributed by atoms with E-state index in [0.717, 1.165) is 10.0 Å². The summed E-state index contributed by atoms with van der Waals surface area (Å²) in [4.78, 5) is 0. The van der Waals surface area contributed by atoms with E-state index in [9.17, 15) is 5.11 Å². The van der Waals surface area contributed by atoms with Crippen molar-refractivity contribution in [3.8, 4) is 5.75 Å². The van der Waals surface area contributed by atoms with E-state index in [4.69, 9.17) is 0 Å². The Morgan fingerprint density at radius 2 is 1.78 bits per heavy atom. The molecule has 2 N–H and O–H groups in total. The maximum atomic E-state index is 9.70. The van der Waals surface area contributed by atoms with Crippen LogP contribution in [0.4, 0.5) is 0 Å². The van der Waals surface area contributed by atoms with Gasteiger partial charge in [0, 0.05) is 22.6 Å². The molecular formula is C15H16BrNO. The molecule has 0 saturated carbocycles. The summed E-state index contributed by atoms with van der Waals surface area (Å²) in [7, 11) is 0. The second-order valence-corrected chi connectivity index (χ2v) is 5.11. The summed E-state index contributed by atoms with van der Waals surface area (Å²) in [6.07, 6.45) is 0. The summed E-state index contributed by atoms with van der Waals surface area (Å²) in [5.74, 6) is 0.337. The van der Waals surface area contributed by atoms with Crippen LogP contribution >= 0.6 is 15.9 Å². The quantitative estimate of drug-likeness (QED) is 0.894. The lowest BCUT2D eigenvalue weighted by molar-refractivity contribution is 0.460. The third kappa shape index (κ3) is 3.12. The predicted octanol–water partition coefficient (Wildman–Crippen LogP) is 4.01. The Kier molecular flexibility index (Phi) is 4.39. The molecule has 0 aliphatic rings. The molecule has 0 bridgehead atoms. The van der Waals surface area contributed by atoms with Crippen molar-refractivity contribution in [2.75, 3.05) is 0 Å². The molecule has 3 heteroatoms. The van der Waals surface area contributed by atoms with Crippen molar-refractivity contribution >= 4 is 15.9 Å². The number of hydrogen-bond donors (Lipinski definition) is 2. The largest absolute Gasteiger partial charge is 0.508 e. The van der Waals surface area contributed by atoms with Gasteiger partial charge in [0.05, 0.1) is 0 Å². The van der Waals surface area contributed by atoms with Gasteiger partial charge in [0.25, 0.3) is 0 Å². The smallest absolute Gasteiger partial charge is 0.120 e. The van der Waals surface area contributed by atoms with Crippen LogP contribution in [0.2, 0.25) is 0 Å². The summed E-state index contributed by atoms with van der Waals surface area (Å²) < 4.78 is 1.10. The minimum atomic E-state index is 0.222. The van der Waals surface area contributed by atoms with Crippen LogP contribution in [-0.2, 0) is 6.54 Å². The molecule has 94 valence electrons. The van der Waals surface area contributed by atoms with E-state index in [2.05, 4.69) is 34.2 Å². The molecule has 18 heavy (non-hydrogen) atoms. The molecule has 2 rings (SSSR count). The van der Waals surface area contributed by atoms with E-state index in [-0.39, 0.29) is 6.04 Å². The fourth-order valence-corrected chi connectivity index (χ4v) is 2.49. The van der Waals surface area contributed by atoms with Gasteiger partial charge in [-0.05, 0) is 24.6 Å². The molecule has 0 unspecified atom stereocenters. The first-order valence-electron chi connectivity index (χ1n) is 5.93. The first-order chi connectivity index (χ1) is 8.68. The van der Waals surface area contributed by atoms with Crippen LogP contribution in [0.3, 0.4) is 0 Å². The Bertz CT molecular complexity index is 527. The first kappa shape index (κ1) is 13.1. The van der Waals surface area contributed by atoms with E-state index in [1.807, 2.05) is 36.4 Å². The summed E-state index contributed by atoms with van der Waals surface area (Å²) in [5, 5.41) is 13.1. The molecule has 0 saturated heterocycles. The van der Waals surface area contributed by atoms with E-state index >= 15 is 0 Å². The number of hydrogen-bond acceptors (Lipinski definition) is 2. The van der Waals surface area contributed by atoms with E-state index < -0.39 is 0 Å². The molecular weight excluding hydrogens is 290 g/mol. The van der Waals surface area contributed by atoms with Crippen molar-refractivity contribution in [1.82, 2.24) is 5.32 Å². The van der Waals surface area contributed by atoms with Gasteiger partial charge < -0.3 is 10.4 Å². The summed E-state index contributed by atoms with van der Waals surface area (Å²) in [5.41, 5.74) is 2.13. The summed E-state index contributed by atoms with van der Waals surface area (Å²) in [6.45, 7) is 2.76. The normalized spacial score (nSPS) is 12.3. The number of para-hydroxylation sites is 1. The minimum Gasteiger partial charge on any atom is -0.508 e. The van der Waals surface area contributed by atoms with Gasteiger partial charge in [-0.3, -0.25) is 0 Å². The predicted molar refractivity (Wildman–Crippen MR) is 77.5 cm³/mol. The van der Waals surface area contributed by atoms with Crippen molar-refractivity contribution in [1.29, 1.82) is 0 Å². The molecule has 0 aliphatic heterocycles. The van der Waals surface area contributed by atoms with Gasteiger partial charge in [-0.15, -0.1) is 0 Å². The summed E-state index contributed by atoms with van der Waals surface area (Å²) >= 11 is 3.55. The Balaban J connectivity index is 2.03. The van der Waals surface area contributed by atoms with Crippen LogP contribution in [0, 0.1) is 0 Å². The van der Waals surface area contributed by atoms with E-state index in [0.29, 0.717) is 12.3 Å². The van der Waals surface area contributed by atoms with Crippen LogP contribution in [0.5, 0.6) is 5.75 Å². The molecule has 2 aromatic rings. The average molecular weight is 306 g/mol. The standard InChI is InChI=1S/C15H16BrNO/c1-11(13-7-3-4-8-14(13)16)17-10-12-6-2-5-9-15(12)18/h2-9,11,17-18H,10H2,1H3/t11-/m0/s1. The SMILES string of the molecule is C[C@H](NCc1ccccc1O)c1ccccc1Br. The second kappa shape index (κ2) is 6.03. The fraction of sp³-hybridized carbons (Fsp3) is 0.200. The van der Waals surface area contributed by atoms with Gasteiger partial charge in [0.15, 0.2) is 0 Å². The Hall–Kier alpha value is -1.32. The lowest BCUT2D eigenvalue weighted by Crippen LogP contribution is -2.18. The highest BCUT2D eigenvalue weighted by molar-refractivity contribution is 9.10. The first-order valence-corrected chi connectivity index (χ1v) is 6.72. The molecule has 2 nitrogen and oxygen atoms in total. The lowest BCUT2D eigenvalue weighted by Gasteiger charge is -2.16. The summed E-state index contributed by atoms with van der Waals surface area (Å²) in [6, 6.07) is 15.8.